The Kier molecular flexibility index (Phi) is 5.15. The zero-order chi connectivity index (χ0) is 13.8. The molecule has 0 spiro atoms. The Bertz CT molecular complexity index is 333. The molecule has 102 valence electrons. The van der Waals surface area contributed by atoms with Crippen LogP contribution in [0.2, 0.25) is 0 Å². The fraction of sp³-hybridized carbons (Fsp3) is 0.857. The van der Waals surface area contributed by atoms with E-state index in [9.17, 15) is 9.90 Å². The van der Waals surface area contributed by atoms with Gasteiger partial charge in [0.1, 0.15) is 6.04 Å². The van der Waals surface area contributed by atoms with Crippen molar-refractivity contribution in [3.8, 4) is 6.07 Å². The number of likely N-dealkylation sites (tertiary alicyclic amines) is 1. The third-order valence-electron chi connectivity index (χ3n) is 3.84. The van der Waals surface area contributed by atoms with Gasteiger partial charge in [0.15, 0.2) is 0 Å². The molecular weight excluding hydrogens is 228 g/mol. The van der Waals surface area contributed by atoms with Crippen LogP contribution in [0.1, 0.15) is 46.5 Å². The van der Waals surface area contributed by atoms with Crippen LogP contribution in [0.25, 0.3) is 0 Å². The normalized spacial score (nSPS) is 25.7. The maximum Gasteiger partial charge on any atom is 0.321 e. The molecule has 2 atom stereocenters. The van der Waals surface area contributed by atoms with Crippen LogP contribution < -0.4 is 0 Å². The number of piperidine rings is 1. The van der Waals surface area contributed by atoms with Gasteiger partial charge in [-0.05, 0) is 58.5 Å². The van der Waals surface area contributed by atoms with Crippen LogP contribution in [0.3, 0.4) is 0 Å². The predicted octanol–water partition coefficient (Wildman–Crippen LogP) is 2.50. The molecule has 0 aromatic rings. The summed E-state index contributed by atoms with van der Waals surface area (Å²) in [5.74, 6) is -0.484. The van der Waals surface area contributed by atoms with Gasteiger partial charge in [-0.2, -0.15) is 5.26 Å². The van der Waals surface area contributed by atoms with Gasteiger partial charge < -0.3 is 5.11 Å². The molecule has 1 N–H and O–H groups in total. The highest BCUT2D eigenvalue weighted by atomic mass is 16.4. The SMILES string of the molecule is CC1CCCN(CCCC(C)(C)C#N)C1C(=O)O. The molecule has 1 fully saturated rings. The van der Waals surface area contributed by atoms with Crippen molar-refractivity contribution in [1.82, 2.24) is 4.90 Å². The van der Waals surface area contributed by atoms with Crippen molar-refractivity contribution in [3.63, 3.8) is 0 Å². The van der Waals surface area contributed by atoms with Gasteiger partial charge in [0, 0.05) is 0 Å². The van der Waals surface area contributed by atoms with Gasteiger partial charge in [-0.1, -0.05) is 6.92 Å². The van der Waals surface area contributed by atoms with Crippen LogP contribution in [0.5, 0.6) is 0 Å². The number of carboxylic acids is 1. The maximum atomic E-state index is 11.3. The Hall–Kier alpha value is -1.08. The molecule has 0 aromatic carbocycles. The second kappa shape index (κ2) is 6.19. The topological polar surface area (TPSA) is 64.3 Å². The van der Waals surface area contributed by atoms with Gasteiger partial charge in [0.2, 0.25) is 0 Å². The summed E-state index contributed by atoms with van der Waals surface area (Å²) in [6.07, 6.45) is 3.78. The number of rotatable bonds is 5. The van der Waals surface area contributed by atoms with Crippen LogP contribution in [-0.2, 0) is 4.79 Å². The molecule has 0 aliphatic carbocycles. The molecule has 1 aliphatic rings. The van der Waals surface area contributed by atoms with Gasteiger partial charge >= 0.3 is 5.97 Å². The van der Waals surface area contributed by atoms with E-state index in [2.05, 4.69) is 11.0 Å². The largest absolute Gasteiger partial charge is 0.480 e. The Balaban J connectivity index is 2.49. The van der Waals surface area contributed by atoms with E-state index in [1.54, 1.807) is 0 Å². The number of carbonyl (C=O) groups is 1. The van der Waals surface area contributed by atoms with Crippen LogP contribution in [0, 0.1) is 22.7 Å². The zero-order valence-corrected chi connectivity index (χ0v) is 11.6. The van der Waals surface area contributed by atoms with Gasteiger partial charge in [0.05, 0.1) is 11.5 Å². The molecule has 1 saturated heterocycles. The average Bonchev–Trinajstić information content (AvgIpc) is 2.28. The van der Waals surface area contributed by atoms with E-state index in [-0.39, 0.29) is 17.4 Å². The van der Waals surface area contributed by atoms with E-state index < -0.39 is 5.97 Å². The molecule has 0 radical (unpaired) electrons. The second-order valence-electron chi connectivity index (χ2n) is 6.04. The summed E-state index contributed by atoms with van der Waals surface area (Å²) in [5.41, 5.74) is -0.305. The highest BCUT2D eigenvalue weighted by Crippen LogP contribution is 2.26. The second-order valence-corrected chi connectivity index (χ2v) is 6.04. The lowest BCUT2D eigenvalue weighted by Gasteiger charge is -2.37. The molecule has 1 heterocycles. The lowest BCUT2D eigenvalue weighted by Crippen LogP contribution is -2.49. The Morgan fingerprint density at radius 1 is 1.56 bits per heavy atom. The molecule has 1 rings (SSSR count). The number of aliphatic carboxylic acids is 1. The molecule has 1 aliphatic heterocycles. The number of nitrogens with zero attached hydrogens (tertiary/aromatic N) is 2. The third kappa shape index (κ3) is 3.99. The van der Waals surface area contributed by atoms with E-state index in [0.717, 1.165) is 38.8 Å². The van der Waals surface area contributed by atoms with Crippen LogP contribution in [0.15, 0.2) is 0 Å². The molecule has 0 bridgehead atoms. The molecule has 0 amide bonds. The summed E-state index contributed by atoms with van der Waals surface area (Å²) in [6, 6.07) is 1.94. The van der Waals surface area contributed by atoms with E-state index in [1.807, 2.05) is 20.8 Å². The zero-order valence-electron chi connectivity index (χ0n) is 11.6. The first-order valence-electron chi connectivity index (χ1n) is 6.75. The van der Waals surface area contributed by atoms with Gasteiger partial charge in [-0.15, -0.1) is 0 Å². The number of hydrogen-bond acceptors (Lipinski definition) is 3. The lowest BCUT2D eigenvalue weighted by molar-refractivity contribution is -0.146. The predicted molar refractivity (Wildman–Crippen MR) is 70.0 cm³/mol. The summed E-state index contributed by atoms with van der Waals surface area (Å²) in [7, 11) is 0. The third-order valence-corrected chi connectivity index (χ3v) is 3.84. The van der Waals surface area contributed by atoms with Crippen LogP contribution >= 0.6 is 0 Å². The van der Waals surface area contributed by atoms with E-state index in [4.69, 9.17) is 5.26 Å². The smallest absolute Gasteiger partial charge is 0.321 e. The minimum atomic E-state index is -0.707. The number of hydrogen-bond donors (Lipinski definition) is 1. The van der Waals surface area contributed by atoms with Crippen molar-refractivity contribution in [2.24, 2.45) is 11.3 Å². The number of carboxylic acid groups (broad SMARTS) is 1. The molecule has 0 aromatic heterocycles. The van der Waals surface area contributed by atoms with Crippen LogP contribution in [-0.4, -0.2) is 35.1 Å². The lowest BCUT2D eigenvalue weighted by atomic mass is 9.88. The summed E-state index contributed by atoms with van der Waals surface area (Å²) in [5, 5.41) is 18.2. The highest BCUT2D eigenvalue weighted by molar-refractivity contribution is 5.74. The molecular formula is C14H24N2O2. The standard InChI is InChI=1S/C14H24N2O2/c1-11-6-4-8-16(12(11)13(17)18)9-5-7-14(2,3)10-15/h11-12H,4-9H2,1-3H3,(H,17,18). The average molecular weight is 252 g/mol. The Labute approximate surface area is 110 Å². The minimum absolute atomic E-state index is 0.222. The van der Waals surface area contributed by atoms with E-state index in [1.165, 1.54) is 0 Å². The maximum absolute atomic E-state index is 11.3. The summed E-state index contributed by atoms with van der Waals surface area (Å²) in [4.78, 5) is 13.4. The number of nitriles is 1. The van der Waals surface area contributed by atoms with E-state index >= 15 is 0 Å². The van der Waals surface area contributed by atoms with Crippen molar-refractivity contribution in [3.05, 3.63) is 0 Å². The first kappa shape index (κ1) is 15.0. The van der Waals surface area contributed by atoms with Gasteiger partial charge in [-0.3, -0.25) is 9.69 Å². The monoisotopic (exact) mass is 252 g/mol. The first-order valence-corrected chi connectivity index (χ1v) is 6.75. The van der Waals surface area contributed by atoms with Crippen molar-refractivity contribution in [1.29, 1.82) is 5.26 Å². The van der Waals surface area contributed by atoms with Crippen LogP contribution in [0.4, 0.5) is 0 Å². The molecule has 18 heavy (non-hydrogen) atoms. The molecule has 4 nitrogen and oxygen atoms in total. The minimum Gasteiger partial charge on any atom is -0.480 e. The van der Waals surface area contributed by atoms with Crippen molar-refractivity contribution in [2.45, 2.75) is 52.5 Å². The molecule has 4 heteroatoms. The fourth-order valence-electron chi connectivity index (χ4n) is 2.70. The summed E-state index contributed by atoms with van der Waals surface area (Å²) < 4.78 is 0. The highest BCUT2D eigenvalue weighted by Gasteiger charge is 2.33. The molecule has 2 unspecified atom stereocenters. The molecule has 0 saturated carbocycles. The fourth-order valence-corrected chi connectivity index (χ4v) is 2.70. The Morgan fingerprint density at radius 2 is 2.22 bits per heavy atom. The quantitative estimate of drug-likeness (QED) is 0.816. The van der Waals surface area contributed by atoms with E-state index in [0.29, 0.717) is 0 Å². The summed E-state index contributed by atoms with van der Waals surface area (Å²) in [6.45, 7) is 7.53. The van der Waals surface area contributed by atoms with Crippen molar-refractivity contribution in [2.75, 3.05) is 13.1 Å². The van der Waals surface area contributed by atoms with Gasteiger partial charge in [0.25, 0.3) is 0 Å². The Morgan fingerprint density at radius 3 is 2.78 bits per heavy atom. The first-order chi connectivity index (χ1) is 8.37. The summed E-state index contributed by atoms with van der Waals surface area (Å²) >= 11 is 0. The van der Waals surface area contributed by atoms with Crippen molar-refractivity contribution < 1.29 is 9.90 Å². The van der Waals surface area contributed by atoms with Gasteiger partial charge in [-0.25, -0.2) is 0 Å². The van der Waals surface area contributed by atoms with Crippen molar-refractivity contribution >= 4 is 5.97 Å².